The summed E-state index contributed by atoms with van der Waals surface area (Å²) >= 11 is 0. The van der Waals surface area contributed by atoms with E-state index in [2.05, 4.69) is 21.3 Å². The van der Waals surface area contributed by atoms with Crippen LogP contribution in [-0.2, 0) is 55.9 Å². The van der Waals surface area contributed by atoms with Gasteiger partial charge in [-0.05, 0) is 67.7 Å². The van der Waals surface area contributed by atoms with Crippen molar-refractivity contribution in [3.05, 3.63) is 65.7 Å². The number of rotatable bonds is 13. The monoisotopic (exact) mass is 880 g/mol. The summed E-state index contributed by atoms with van der Waals surface area (Å²) in [6.07, 6.45) is -3.42. The lowest BCUT2D eigenvalue weighted by atomic mass is 9.91. The molecule has 0 radical (unpaired) electrons. The number of cyclic esters (lactones) is 1. The molecule has 2 aliphatic rings. The Morgan fingerprint density at radius 1 is 0.873 bits per heavy atom. The highest BCUT2D eigenvalue weighted by Gasteiger charge is 2.47. The van der Waals surface area contributed by atoms with Crippen LogP contribution in [0.4, 0.5) is 0 Å². The molecule has 2 aromatic carbocycles. The van der Waals surface area contributed by atoms with Crippen LogP contribution in [0.2, 0.25) is 0 Å². The van der Waals surface area contributed by atoms with Crippen molar-refractivity contribution in [2.45, 2.75) is 134 Å². The van der Waals surface area contributed by atoms with Crippen LogP contribution in [0.3, 0.4) is 0 Å². The highest BCUT2D eigenvalue weighted by molar-refractivity contribution is 5.98. The summed E-state index contributed by atoms with van der Waals surface area (Å²) in [5, 5.41) is 41.7. The standard InChI is InChI=1S/C45H64N6O12/c1-8-25(3)36-45(61)63-27(5)37(49-41(57)34(24-52)62-7)42(58)46-31(20-17-28-15-18-30(53)19-16-28)39(55)47-32-21-22-35(54)51(43(32)59)38(26(4)9-2)44(60)50(6)33(40(56)48-36)23-29-13-11-10-12-14-29/h10-16,18-19,25-27,31-38,52-54H,8-9,17,20-24H2,1-7H3,(H,46,58)(H,47,55)(H,48,56)(H,49,57)/t25-,26-,27+,31?,32-,33-,34+,35+,36-,37?,38?/m0/s1. The first kappa shape index (κ1) is 50.1. The van der Waals surface area contributed by atoms with Crippen molar-refractivity contribution in [3.8, 4) is 5.75 Å². The van der Waals surface area contributed by atoms with Gasteiger partial charge in [-0.3, -0.25) is 28.8 Å². The summed E-state index contributed by atoms with van der Waals surface area (Å²) in [5.41, 5.74) is 1.37. The first-order chi connectivity index (χ1) is 29.9. The zero-order valence-corrected chi connectivity index (χ0v) is 37.1. The number of aryl methyl sites for hydroxylation is 1. The minimum absolute atomic E-state index is 0.00132. The van der Waals surface area contributed by atoms with Crippen molar-refractivity contribution in [2.75, 3.05) is 20.8 Å². The Hall–Kier alpha value is -5.59. The Bertz CT molecular complexity index is 1900. The topological polar surface area (TPSA) is 253 Å². The maximum absolute atomic E-state index is 14.8. The lowest BCUT2D eigenvalue weighted by Crippen LogP contribution is -2.66. The molecule has 2 saturated heterocycles. The number of ether oxygens (including phenoxy) is 2. The minimum atomic E-state index is -1.68. The van der Waals surface area contributed by atoms with Gasteiger partial charge in [-0.2, -0.15) is 0 Å². The fourth-order valence-electron chi connectivity index (χ4n) is 7.75. The molecule has 0 spiro atoms. The summed E-state index contributed by atoms with van der Waals surface area (Å²) in [7, 11) is 2.60. The molecule has 346 valence electrons. The second kappa shape index (κ2) is 23.2. The molecular formula is C45H64N6O12. The molecule has 4 rings (SSSR count). The molecule has 3 unspecified atom stereocenters. The number of fused-ring (bicyclic) bond motifs is 2. The van der Waals surface area contributed by atoms with Gasteiger partial charge in [0.15, 0.2) is 6.10 Å². The van der Waals surface area contributed by atoms with Crippen LogP contribution in [0, 0.1) is 11.8 Å². The average Bonchev–Trinajstić information content (AvgIpc) is 3.27. The van der Waals surface area contributed by atoms with Crippen LogP contribution in [0.5, 0.6) is 5.75 Å². The molecule has 63 heavy (non-hydrogen) atoms. The van der Waals surface area contributed by atoms with E-state index in [0.29, 0.717) is 24.0 Å². The maximum atomic E-state index is 14.8. The molecule has 11 atom stereocenters. The predicted octanol–water partition coefficient (Wildman–Crippen LogP) is 0.688. The number of phenols is 1. The van der Waals surface area contributed by atoms with Gasteiger partial charge < -0.3 is 55.9 Å². The summed E-state index contributed by atoms with van der Waals surface area (Å²) in [6.45, 7) is 7.65. The van der Waals surface area contributed by atoms with Crippen LogP contribution in [0.15, 0.2) is 54.6 Å². The van der Waals surface area contributed by atoms with Crippen molar-refractivity contribution < 1.29 is 58.4 Å². The second-order valence-electron chi connectivity index (χ2n) is 16.5. The van der Waals surface area contributed by atoms with Gasteiger partial charge in [-0.25, -0.2) is 4.79 Å². The zero-order chi connectivity index (χ0) is 46.5. The number of aliphatic hydroxyl groups excluding tert-OH is 2. The van der Waals surface area contributed by atoms with Gasteiger partial charge in [0.05, 0.1) is 6.61 Å². The maximum Gasteiger partial charge on any atom is 0.329 e. The van der Waals surface area contributed by atoms with Crippen molar-refractivity contribution in [1.29, 1.82) is 0 Å². The van der Waals surface area contributed by atoms with E-state index in [4.69, 9.17) is 9.47 Å². The number of piperidine rings is 1. The van der Waals surface area contributed by atoms with Crippen LogP contribution < -0.4 is 21.3 Å². The number of carbonyl (C=O) groups is 7. The van der Waals surface area contributed by atoms with Crippen LogP contribution in [0.1, 0.15) is 77.8 Å². The number of benzene rings is 2. The highest BCUT2D eigenvalue weighted by Crippen LogP contribution is 2.28. The number of likely N-dealkylation sites (N-methyl/N-ethyl adjacent to an activating group) is 1. The Morgan fingerprint density at radius 2 is 1.52 bits per heavy atom. The fourth-order valence-corrected chi connectivity index (χ4v) is 7.75. The number of aliphatic hydroxyl groups is 2. The van der Waals surface area contributed by atoms with Gasteiger partial charge in [-0.15, -0.1) is 0 Å². The van der Waals surface area contributed by atoms with Gasteiger partial charge >= 0.3 is 5.97 Å². The molecule has 0 aliphatic carbocycles. The number of hydrogen-bond acceptors (Lipinski definition) is 12. The van der Waals surface area contributed by atoms with Crippen LogP contribution in [0.25, 0.3) is 0 Å². The summed E-state index contributed by atoms with van der Waals surface area (Å²) in [6, 6.07) is 6.94. The molecule has 2 heterocycles. The predicted molar refractivity (Wildman–Crippen MR) is 229 cm³/mol. The van der Waals surface area contributed by atoms with E-state index in [1.54, 1.807) is 63.2 Å². The molecule has 0 aromatic heterocycles. The Labute approximate surface area is 368 Å². The van der Waals surface area contributed by atoms with Crippen molar-refractivity contribution in [1.82, 2.24) is 31.1 Å². The van der Waals surface area contributed by atoms with Gasteiger partial charge in [-0.1, -0.05) is 83.0 Å². The minimum Gasteiger partial charge on any atom is -0.508 e. The lowest BCUT2D eigenvalue weighted by Gasteiger charge is -2.44. The number of carbonyl (C=O) groups excluding carboxylic acids is 7. The van der Waals surface area contributed by atoms with E-state index in [1.807, 2.05) is 6.92 Å². The first-order valence-corrected chi connectivity index (χ1v) is 21.6. The van der Waals surface area contributed by atoms with E-state index in [-0.39, 0.29) is 37.9 Å². The first-order valence-electron chi connectivity index (χ1n) is 21.6. The summed E-state index contributed by atoms with van der Waals surface area (Å²) in [4.78, 5) is 102. The Balaban J connectivity index is 1.88. The van der Waals surface area contributed by atoms with E-state index in [9.17, 15) is 48.9 Å². The second-order valence-corrected chi connectivity index (χ2v) is 16.5. The van der Waals surface area contributed by atoms with E-state index >= 15 is 0 Å². The number of nitrogens with one attached hydrogen (secondary N) is 4. The smallest absolute Gasteiger partial charge is 0.329 e. The lowest BCUT2D eigenvalue weighted by molar-refractivity contribution is -0.168. The summed E-state index contributed by atoms with van der Waals surface area (Å²) in [5.74, 6) is -6.84. The molecule has 7 N–H and O–H groups in total. The number of aromatic hydroxyl groups is 1. The number of hydrogen-bond donors (Lipinski definition) is 7. The Morgan fingerprint density at radius 3 is 2.13 bits per heavy atom. The number of methoxy groups -OCH3 is 1. The quantitative estimate of drug-likeness (QED) is 0.137. The van der Waals surface area contributed by atoms with Crippen LogP contribution >= 0.6 is 0 Å². The molecule has 18 heteroatoms. The molecule has 18 nitrogen and oxygen atoms in total. The molecular weight excluding hydrogens is 817 g/mol. The summed E-state index contributed by atoms with van der Waals surface area (Å²) < 4.78 is 10.9. The third-order valence-electron chi connectivity index (χ3n) is 12.2. The number of esters is 1. The van der Waals surface area contributed by atoms with E-state index in [0.717, 1.165) is 4.90 Å². The van der Waals surface area contributed by atoms with Gasteiger partial charge in [0.25, 0.3) is 5.91 Å². The average molecular weight is 881 g/mol. The molecule has 2 bridgehead atoms. The number of amides is 6. The van der Waals surface area contributed by atoms with Gasteiger partial charge in [0.1, 0.15) is 54.3 Å². The van der Waals surface area contributed by atoms with Crippen molar-refractivity contribution in [2.24, 2.45) is 11.8 Å². The SMILES string of the molecule is CC[C@H](C)C1C(=O)N(C)[C@@H](Cc2ccccc2)C(=O)N[C@@H]([C@@H](C)CC)C(=O)O[C@H](C)C(NC(=O)[C@@H](CO)OC)C(=O)NC(CCc2ccc(O)cc2)C(=O)N[C@H]2CC[C@@H](O)N1C2=O. The van der Waals surface area contributed by atoms with Gasteiger partial charge in [0, 0.05) is 20.6 Å². The van der Waals surface area contributed by atoms with Crippen molar-refractivity contribution >= 4 is 41.4 Å². The molecule has 6 amide bonds. The van der Waals surface area contributed by atoms with Crippen LogP contribution in [-0.4, -0.2) is 142 Å². The van der Waals surface area contributed by atoms with Crippen molar-refractivity contribution in [3.63, 3.8) is 0 Å². The fraction of sp³-hybridized carbons (Fsp3) is 0.578. The Kier molecular flexibility index (Phi) is 18.4. The third-order valence-corrected chi connectivity index (χ3v) is 12.2. The third kappa shape index (κ3) is 12.8. The van der Waals surface area contributed by atoms with E-state index < -0.39 is 115 Å². The van der Waals surface area contributed by atoms with E-state index in [1.165, 1.54) is 38.1 Å². The molecule has 2 aliphatic heterocycles. The largest absolute Gasteiger partial charge is 0.508 e. The number of nitrogens with zero attached hydrogens (tertiary/aromatic N) is 2. The number of phenolic OH excluding ortho intramolecular Hbond substituents is 1. The normalized spacial score (nSPS) is 27.1. The van der Waals surface area contributed by atoms with Gasteiger partial charge in [0.2, 0.25) is 29.5 Å². The zero-order valence-electron chi connectivity index (χ0n) is 37.1. The molecule has 0 saturated carbocycles. The molecule has 2 aromatic rings. The molecule has 2 fully saturated rings. The highest BCUT2D eigenvalue weighted by atomic mass is 16.5.